The predicted octanol–water partition coefficient (Wildman–Crippen LogP) is 1.98. The van der Waals surface area contributed by atoms with Crippen LogP contribution in [0.3, 0.4) is 0 Å². The lowest BCUT2D eigenvalue weighted by molar-refractivity contribution is 0.0953. The van der Waals surface area contributed by atoms with Crippen LogP contribution in [0.4, 0.5) is 5.82 Å². The molecule has 0 radical (unpaired) electrons. The quantitative estimate of drug-likeness (QED) is 0.678. The third-order valence-corrected chi connectivity index (χ3v) is 2.95. The van der Waals surface area contributed by atoms with E-state index < -0.39 is 0 Å². The molecule has 0 saturated heterocycles. The van der Waals surface area contributed by atoms with E-state index in [1.54, 1.807) is 18.3 Å². The minimum Gasteiger partial charge on any atom is -0.369 e. The number of rotatable bonds is 9. The number of aromatic nitrogens is 1. The topological polar surface area (TPSA) is 57.3 Å². The van der Waals surface area contributed by atoms with Gasteiger partial charge in [0.15, 0.2) is 0 Å². The van der Waals surface area contributed by atoms with Crippen molar-refractivity contribution in [3.8, 4) is 0 Å². The molecule has 0 aliphatic rings. The molecule has 1 rings (SSSR count). The van der Waals surface area contributed by atoms with E-state index in [-0.39, 0.29) is 5.91 Å². The monoisotopic (exact) mass is 278 g/mol. The minimum absolute atomic E-state index is 0.0286. The van der Waals surface area contributed by atoms with Crippen LogP contribution in [0.5, 0.6) is 0 Å². The van der Waals surface area contributed by atoms with Crippen molar-refractivity contribution in [3.63, 3.8) is 0 Å². The molecule has 0 saturated carbocycles. The van der Waals surface area contributed by atoms with Crippen molar-refractivity contribution in [1.29, 1.82) is 0 Å². The summed E-state index contributed by atoms with van der Waals surface area (Å²) >= 11 is 0. The Morgan fingerprint density at radius 2 is 2.10 bits per heavy atom. The molecular weight excluding hydrogens is 252 g/mol. The van der Waals surface area contributed by atoms with Crippen molar-refractivity contribution >= 4 is 11.7 Å². The summed E-state index contributed by atoms with van der Waals surface area (Å²) in [6.45, 7) is 4.62. The Morgan fingerprint density at radius 1 is 1.30 bits per heavy atom. The van der Waals surface area contributed by atoms with Gasteiger partial charge in [-0.3, -0.25) is 4.79 Å². The van der Waals surface area contributed by atoms with E-state index in [4.69, 9.17) is 0 Å². The average molecular weight is 278 g/mol. The summed E-state index contributed by atoms with van der Waals surface area (Å²) in [6, 6.07) is 3.54. The Balaban J connectivity index is 2.43. The lowest BCUT2D eigenvalue weighted by Crippen LogP contribution is -2.25. The first-order chi connectivity index (χ1) is 9.63. The summed E-state index contributed by atoms with van der Waals surface area (Å²) in [7, 11) is 4.05. The maximum absolute atomic E-state index is 12.0. The SMILES string of the molecule is CCCCCNC(=O)c1ccnc(NCCN(C)C)c1. The van der Waals surface area contributed by atoms with Gasteiger partial charge >= 0.3 is 0 Å². The highest BCUT2D eigenvalue weighted by Crippen LogP contribution is 2.06. The fraction of sp³-hybridized carbons (Fsp3) is 0.600. The van der Waals surface area contributed by atoms with Gasteiger partial charge in [-0.05, 0) is 32.6 Å². The van der Waals surface area contributed by atoms with Gasteiger partial charge in [-0.25, -0.2) is 4.98 Å². The lowest BCUT2D eigenvalue weighted by Gasteiger charge is -2.11. The maximum atomic E-state index is 12.0. The lowest BCUT2D eigenvalue weighted by atomic mass is 10.2. The molecule has 5 nitrogen and oxygen atoms in total. The summed E-state index contributed by atoms with van der Waals surface area (Å²) in [5, 5.41) is 6.15. The molecule has 1 amide bonds. The van der Waals surface area contributed by atoms with Crippen LogP contribution in [0.1, 0.15) is 36.5 Å². The number of likely N-dealkylation sites (N-methyl/N-ethyl adjacent to an activating group) is 1. The molecule has 1 aromatic rings. The van der Waals surface area contributed by atoms with Crippen molar-refractivity contribution in [2.75, 3.05) is 39.0 Å². The standard InChI is InChI=1S/C15H26N4O/c1-4-5-6-8-18-15(20)13-7-9-16-14(12-13)17-10-11-19(2)3/h7,9,12H,4-6,8,10-11H2,1-3H3,(H,16,17)(H,18,20). The molecule has 0 bridgehead atoms. The third kappa shape index (κ3) is 6.52. The molecule has 0 fully saturated rings. The smallest absolute Gasteiger partial charge is 0.251 e. The molecule has 0 aliphatic carbocycles. The van der Waals surface area contributed by atoms with E-state index in [0.717, 1.165) is 44.7 Å². The first-order valence-corrected chi connectivity index (χ1v) is 7.26. The summed E-state index contributed by atoms with van der Waals surface area (Å²) < 4.78 is 0. The van der Waals surface area contributed by atoms with Gasteiger partial charge in [0.1, 0.15) is 5.82 Å². The average Bonchev–Trinajstić information content (AvgIpc) is 2.43. The molecule has 2 N–H and O–H groups in total. The summed E-state index contributed by atoms with van der Waals surface area (Å²) in [5.74, 6) is 0.715. The second kappa shape index (κ2) is 9.31. The van der Waals surface area contributed by atoms with E-state index in [9.17, 15) is 4.79 Å². The Bertz CT molecular complexity index is 407. The number of hydrogen-bond donors (Lipinski definition) is 2. The number of carbonyl (C=O) groups is 1. The van der Waals surface area contributed by atoms with Gasteiger partial charge in [0.2, 0.25) is 0 Å². The number of pyridine rings is 1. The Hall–Kier alpha value is -1.62. The largest absolute Gasteiger partial charge is 0.369 e. The van der Waals surface area contributed by atoms with Crippen LogP contribution < -0.4 is 10.6 Å². The Morgan fingerprint density at radius 3 is 2.80 bits per heavy atom. The van der Waals surface area contributed by atoms with Crippen LogP contribution in [-0.2, 0) is 0 Å². The second-order valence-corrected chi connectivity index (χ2v) is 5.12. The zero-order chi connectivity index (χ0) is 14.8. The van der Waals surface area contributed by atoms with Crippen molar-refractivity contribution in [1.82, 2.24) is 15.2 Å². The molecular formula is C15H26N4O. The van der Waals surface area contributed by atoms with Crippen LogP contribution >= 0.6 is 0 Å². The van der Waals surface area contributed by atoms with Crippen molar-refractivity contribution in [3.05, 3.63) is 23.9 Å². The normalized spacial score (nSPS) is 10.6. The number of hydrogen-bond acceptors (Lipinski definition) is 4. The van der Waals surface area contributed by atoms with E-state index in [0.29, 0.717) is 5.56 Å². The molecule has 1 aromatic heterocycles. The molecule has 0 unspecified atom stereocenters. The van der Waals surface area contributed by atoms with Gasteiger partial charge in [-0.2, -0.15) is 0 Å². The summed E-state index contributed by atoms with van der Waals surface area (Å²) in [6.07, 6.45) is 5.00. The van der Waals surface area contributed by atoms with Crippen molar-refractivity contribution in [2.24, 2.45) is 0 Å². The highest BCUT2D eigenvalue weighted by Gasteiger charge is 2.06. The van der Waals surface area contributed by atoms with Gasteiger partial charge in [0.05, 0.1) is 0 Å². The number of carbonyl (C=O) groups excluding carboxylic acids is 1. The van der Waals surface area contributed by atoms with Gasteiger partial charge in [0, 0.05) is 31.4 Å². The Kier molecular flexibility index (Phi) is 7.65. The molecule has 0 spiro atoms. The molecule has 0 aliphatic heterocycles. The predicted molar refractivity (Wildman–Crippen MR) is 83.1 cm³/mol. The van der Waals surface area contributed by atoms with E-state index in [1.165, 1.54) is 0 Å². The third-order valence-electron chi connectivity index (χ3n) is 2.95. The van der Waals surface area contributed by atoms with E-state index in [2.05, 4.69) is 27.4 Å². The fourth-order valence-corrected chi connectivity index (χ4v) is 1.76. The van der Waals surface area contributed by atoms with Gasteiger partial charge in [0.25, 0.3) is 5.91 Å². The van der Waals surface area contributed by atoms with Crippen molar-refractivity contribution < 1.29 is 4.79 Å². The first kappa shape index (κ1) is 16.4. The number of unbranched alkanes of at least 4 members (excludes halogenated alkanes) is 2. The van der Waals surface area contributed by atoms with E-state index >= 15 is 0 Å². The molecule has 20 heavy (non-hydrogen) atoms. The summed E-state index contributed by atoms with van der Waals surface area (Å²) in [4.78, 5) is 18.3. The molecule has 5 heteroatoms. The van der Waals surface area contributed by atoms with Gasteiger partial charge < -0.3 is 15.5 Å². The maximum Gasteiger partial charge on any atom is 0.251 e. The highest BCUT2D eigenvalue weighted by molar-refractivity contribution is 5.94. The van der Waals surface area contributed by atoms with Crippen LogP contribution in [0.2, 0.25) is 0 Å². The molecule has 1 heterocycles. The minimum atomic E-state index is -0.0286. The van der Waals surface area contributed by atoms with Crippen molar-refractivity contribution in [2.45, 2.75) is 26.2 Å². The number of nitrogens with one attached hydrogen (secondary N) is 2. The first-order valence-electron chi connectivity index (χ1n) is 7.26. The van der Waals surface area contributed by atoms with Crippen LogP contribution in [0.25, 0.3) is 0 Å². The van der Waals surface area contributed by atoms with Gasteiger partial charge in [-0.1, -0.05) is 19.8 Å². The Labute approximate surface area is 121 Å². The van der Waals surface area contributed by atoms with Crippen LogP contribution in [-0.4, -0.2) is 49.5 Å². The second-order valence-electron chi connectivity index (χ2n) is 5.12. The van der Waals surface area contributed by atoms with Gasteiger partial charge in [-0.15, -0.1) is 0 Å². The number of anilines is 1. The molecule has 112 valence electrons. The fourth-order valence-electron chi connectivity index (χ4n) is 1.76. The van der Waals surface area contributed by atoms with Crippen LogP contribution in [0, 0.1) is 0 Å². The molecule has 0 atom stereocenters. The zero-order valence-corrected chi connectivity index (χ0v) is 12.8. The van der Waals surface area contributed by atoms with E-state index in [1.807, 2.05) is 14.1 Å². The summed E-state index contributed by atoms with van der Waals surface area (Å²) in [5.41, 5.74) is 0.656. The van der Waals surface area contributed by atoms with Crippen LogP contribution in [0.15, 0.2) is 18.3 Å². The molecule has 0 aromatic carbocycles. The number of amides is 1. The number of nitrogens with zero attached hydrogens (tertiary/aromatic N) is 2. The highest BCUT2D eigenvalue weighted by atomic mass is 16.1. The zero-order valence-electron chi connectivity index (χ0n) is 12.8.